The number of para-hydroxylation sites is 1. The number of hydrogen-bond donors (Lipinski definition) is 6. The minimum Gasteiger partial charge on any atom is -0.389 e. The third-order valence-corrected chi connectivity index (χ3v) is 23.1. The van der Waals surface area contributed by atoms with Gasteiger partial charge in [-0.1, -0.05) is 54.1 Å². The van der Waals surface area contributed by atoms with Gasteiger partial charge in [-0.2, -0.15) is 0 Å². The molecule has 0 unspecified atom stereocenters. The van der Waals surface area contributed by atoms with Crippen LogP contribution in [0.25, 0.3) is 140 Å². The Bertz CT molecular complexity index is 7600. The van der Waals surface area contributed by atoms with Crippen LogP contribution < -0.4 is 20.9 Å². The first-order valence-corrected chi connectivity index (χ1v) is 44.1. The van der Waals surface area contributed by atoms with Gasteiger partial charge in [0.05, 0.1) is 126 Å². The minimum atomic E-state index is -0.869. The molecule has 0 amide bonds. The third kappa shape index (κ3) is 19.6. The molecule has 2 aliphatic heterocycles. The summed E-state index contributed by atoms with van der Waals surface area (Å²) < 4.78 is 50.3. The van der Waals surface area contributed by atoms with E-state index in [-0.39, 0.29) is 17.5 Å². The molecule has 15 heterocycles. The Hall–Kier alpha value is -16.6. The number of nitrogens with zero attached hydrogens (tertiary/aromatic N) is 21. The summed E-state index contributed by atoms with van der Waals surface area (Å²) >= 11 is 6.11. The predicted octanol–water partition coefficient (Wildman–Crippen LogP) is 20.8. The number of halogens is 4. The number of imidazole rings is 6. The van der Waals surface area contributed by atoms with E-state index in [1.807, 2.05) is 99.0 Å². The number of H-pyrrole nitrogens is 1. The first kappa shape index (κ1) is 87.7. The lowest BCUT2D eigenvalue weighted by Gasteiger charge is -2.33. The molecule has 0 aliphatic carbocycles. The van der Waals surface area contributed by atoms with Crippen LogP contribution in [0, 0.1) is 24.4 Å². The molecule has 27 nitrogen and oxygen atoms in total. The number of aromatic amines is 1. The number of anilines is 4. The molecule has 0 saturated carbocycles. The van der Waals surface area contributed by atoms with Crippen LogP contribution in [-0.4, -0.2) is 150 Å². The van der Waals surface area contributed by atoms with Crippen molar-refractivity contribution in [2.75, 3.05) is 47.0 Å². The van der Waals surface area contributed by atoms with Gasteiger partial charge in [-0.25, -0.2) is 63.0 Å². The Morgan fingerprint density at radius 1 is 0.407 bits per heavy atom. The maximum Gasteiger partial charge on any atom is 0.222 e. The highest BCUT2D eigenvalue weighted by Crippen LogP contribution is 2.39. The van der Waals surface area contributed by atoms with Gasteiger partial charge in [-0.3, -0.25) is 47.8 Å². The van der Waals surface area contributed by atoms with Crippen molar-refractivity contribution < 1.29 is 23.4 Å². The van der Waals surface area contributed by atoms with Crippen LogP contribution in [0.15, 0.2) is 324 Å². The number of nitrogens with one attached hydrogen (secondary N) is 4. The SMILES string of the molecule is C=C1Cc2cc(-c3nc4ccncc4n3-c3ccc(F)cc3)ccc2N1.CC(C)(O)CNc1ncc(-c2nc3ccncc3n2-c2ccc(F)cc2)cn1.Cc1ccc(-n2c(-c3cnc(NCC(C)(C)O)nc3)nc3ccncc32)cc1.Clc1ccc(-n2c(C3CCN(c4ccccc4)CC3)nc3ccncc32)cc1.Fc1ccc(-n2c(-c3ccc4nc[nH]c4c3)nc3ccncc32)cc1. The summed E-state index contributed by atoms with van der Waals surface area (Å²) in [5.41, 5.74) is 22.7. The van der Waals surface area contributed by atoms with Gasteiger partial charge in [0, 0.05) is 156 Å². The lowest BCUT2D eigenvalue weighted by atomic mass is 9.95. The number of fused-ring (bicyclic) bond motifs is 7. The standard InChI is InChI=1S/C23H21ClN4.C21H15FN4.C21H22N6O.C20H19FN6O.C19H12FN5/c24-18-6-8-20(9-7-18)28-22-16-25-13-10-21(22)26-23(28)17-11-14-27(15-12-17)19-4-2-1-3-5-19;1-13-10-15-11-14(2-7-18(15)24-13)21-25-19-8-9-23-12-20(19)26(21)17-5-3-16(22)4-6-17;1-14-4-6-16(7-5-14)27-18-12-22-9-8-17(18)26-19(27)15-10-23-20(24-11-15)25-13-21(2,3)28;1-20(2,28)12-25-19-23-9-13(10-24-19)18-26-16-7-8-22-11-17(16)27(18)15-5-3-14(21)4-6-15;20-13-2-4-14(5-3-13)25-18-10-21-8-7-16(18)24-19(25)12-1-6-15-17(9-12)23-11-22-15/h1-10,13,16-17H,11-12,14-15H2;2-9,11-12,24H,1,10H2;4-12,28H,13H2,1-3H3,(H,23,24,25);3-11,28H,12H2,1-2H3,(H,23,24,25);1-11H,(H,22,23). The van der Waals surface area contributed by atoms with Crippen LogP contribution in [-0.2, 0) is 6.42 Å². The van der Waals surface area contributed by atoms with E-state index in [1.165, 1.54) is 53.2 Å². The molecule has 8 aromatic carbocycles. The Balaban J connectivity index is 0.000000108. The Morgan fingerprint density at radius 3 is 1.21 bits per heavy atom. The fourth-order valence-electron chi connectivity index (χ4n) is 16.3. The monoisotopic (exact) mass is 1810 g/mol. The Labute approximate surface area is 777 Å². The number of piperidine rings is 1. The van der Waals surface area contributed by atoms with Crippen molar-refractivity contribution in [2.45, 2.75) is 71.0 Å². The molecule has 0 spiro atoms. The summed E-state index contributed by atoms with van der Waals surface area (Å²) in [6, 6.07) is 67.5. The van der Waals surface area contributed by atoms with E-state index in [2.05, 4.69) is 182 Å². The second kappa shape index (κ2) is 38.1. The zero-order chi connectivity index (χ0) is 92.9. The van der Waals surface area contributed by atoms with E-state index in [0.717, 1.165) is 183 Å². The quantitative estimate of drug-likeness (QED) is 0.0493. The van der Waals surface area contributed by atoms with E-state index in [1.54, 1.807) is 139 Å². The number of allylic oxidation sites excluding steroid dienone is 1. The number of aryl methyl sites for hydroxylation is 1. The van der Waals surface area contributed by atoms with Crippen LogP contribution >= 0.6 is 11.6 Å². The van der Waals surface area contributed by atoms with Crippen LogP contribution in [0.5, 0.6) is 0 Å². The van der Waals surface area contributed by atoms with Crippen molar-refractivity contribution in [3.63, 3.8) is 0 Å². The van der Waals surface area contributed by atoms with Crippen molar-refractivity contribution in [1.82, 2.24) is 103 Å². The van der Waals surface area contributed by atoms with Crippen molar-refractivity contribution in [3.8, 4) is 74.0 Å². The number of benzene rings is 8. The second-order valence-electron chi connectivity index (χ2n) is 33.9. The first-order chi connectivity index (χ1) is 65.6. The average Bonchev–Trinajstić information content (AvgIpc) is 1.62. The average molecular weight is 1810 g/mol. The molecule has 21 aromatic rings. The van der Waals surface area contributed by atoms with Crippen LogP contribution in [0.4, 0.5) is 36.4 Å². The lowest BCUT2D eigenvalue weighted by Crippen LogP contribution is -2.33. The number of aromatic nitrogens is 21. The van der Waals surface area contributed by atoms with Gasteiger partial charge in [0.2, 0.25) is 11.9 Å². The zero-order valence-electron chi connectivity index (χ0n) is 74.0. The third-order valence-electron chi connectivity index (χ3n) is 22.9. The largest absolute Gasteiger partial charge is 0.389 e. The molecule has 670 valence electrons. The zero-order valence-corrected chi connectivity index (χ0v) is 74.7. The highest BCUT2D eigenvalue weighted by molar-refractivity contribution is 6.30. The molecule has 23 rings (SSSR count). The maximum absolute atomic E-state index is 13.4. The lowest BCUT2D eigenvalue weighted by molar-refractivity contribution is 0.0937. The molecular weight excluding hydrogens is 1720 g/mol. The van der Waals surface area contributed by atoms with Crippen molar-refractivity contribution in [1.29, 1.82) is 0 Å². The Morgan fingerprint density at radius 2 is 0.785 bits per heavy atom. The van der Waals surface area contributed by atoms with E-state index < -0.39 is 11.2 Å². The molecule has 0 radical (unpaired) electrons. The molecule has 1 saturated heterocycles. The summed E-state index contributed by atoms with van der Waals surface area (Å²) in [7, 11) is 0. The summed E-state index contributed by atoms with van der Waals surface area (Å²) in [6.45, 7) is 15.7. The van der Waals surface area contributed by atoms with E-state index >= 15 is 0 Å². The molecule has 135 heavy (non-hydrogen) atoms. The van der Waals surface area contributed by atoms with Crippen LogP contribution in [0.1, 0.15) is 63.4 Å². The summed E-state index contributed by atoms with van der Waals surface area (Å²) in [4.78, 5) is 72.5. The molecule has 6 N–H and O–H groups in total. The van der Waals surface area contributed by atoms with Gasteiger partial charge >= 0.3 is 0 Å². The van der Waals surface area contributed by atoms with Gasteiger partial charge in [0.1, 0.15) is 46.6 Å². The molecule has 31 heteroatoms. The van der Waals surface area contributed by atoms with Gasteiger partial charge < -0.3 is 36.0 Å². The van der Waals surface area contributed by atoms with E-state index in [9.17, 15) is 23.4 Å². The smallest absolute Gasteiger partial charge is 0.222 e. The fraction of sp³-hybridized carbons (Fsp3) is 0.144. The summed E-state index contributed by atoms with van der Waals surface area (Å²) in [5, 5.41) is 29.7. The number of hydrogen-bond acceptors (Lipinski definition) is 21. The van der Waals surface area contributed by atoms with Crippen molar-refractivity contribution >= 4 is 101 Å². The Kier molecular flexibility index (Phi) is 24.8. The fourth-order valence-corrected chi connectivity index (χ4v) is 16.4. The second-order valence-corrected chi connectivity index (χ2v) is 34.3. The highest BCUT2D eigenvalue weighted by Gasteiger charge is 2.29. The van der Waals surface area contributed by atoms with Crippen molar-refractivity contribution in [3.05, 3.63) is 363 Å². The highest BCUT2D eigenvalue weighted by atomic mass is 35.5. The van der Waals surface area contributed by atoms with E-state index in [4.69, 9.17) is 31.5 Å². The molecule has 2 aliphatic rings. The molecule has 13 aromatic heterocycles. The molecule has 1 fully saturated rings. The minimum absolute atomic E-state index is 0.264. The first-order valence-electron chi connectivity index (χ1n) is 43.7. The molecular formula is C104H89ClF3N25O2. The number of rotatable bonds is 17. The van der Waals surface area contributed by atoms with Crippen molar-refractivity contribution in [2.24, 2.45) is 0 Å². The topological polar surface area (TPSA) is 314 Å². The number of aliphatic hydroxyl groups is 2. The van der Waals surface area contributed by atoms with Crippen LogP contribution in [0.3, 0.4) is 0 Å². The normalized spacial score (nSPS) is 12.6. The number of pyridine rings is 5. The maximum atomic E-state index is 13.4. The van der Waals surface area contributed by atoms with E-state index in [0.29, 0.717) is 42.3 Å². The predicted molar refractivity (Wildman–Crippen MR) is 523 cm³/mol. The van der Waals surface area contributed by atoms with Gasteiger partial charge in [0.25, 0.3) is 0 Å². The van der Waals surface area contributed by atoms with Crippen LogP contribution in [0.2, 0.25) is 5.02 Å². The summed E-state index contributed by atoms with van der Waals surface area (Å²) in [5.74, 6) is 4.53. The molecule has 0 bridgehead atoms. The van der Waals surface area contributed by atoms with Gasteiger partial charge in [0.15, 0.2) is 0 Å². The van der Waals surface area contributed by atoms with Gasteiger partial charge in [-0.15, -0.1) is 0 Å². The summed E-state index contributed by atoms with van der Waals surface area (Å²) in [6.07, 6.45) is 29.1. The van der Waals surface area contributed by atoms with Gasteiger partial charge in [-0.05, 0) is 241 Å². The molecule has 0 atom stereocenters.